The molecule has 16 N–H and O–H groups in total. The largest absolute Gasteiger partial charge is 0.480 e. The Balaban J connectivity index is 0.839. The summed E-state index contributed by atoms with van der Waals surface area (Å²) in [5, 5.41) is 30.5. The van der Waals surface area contributed by atoms with Crippen molar-refractivity contribution in [1.29, 1.82) is 0 Å². The van der Waals surface area contributed by atoms with Crippen LogP contribution < -0.4 is 59.7 Å². The number of amides is 4. The third-order valence-corrected chi connectivity index (χ3v) is 13.6. The van der Waals surface area contributed by atoms with Crippen LogP contribution in [-0.4, -0.2) is 182 Å². The van der Waals surface area contributed by atoms with Crippen LogP contribution in [0.25, 0.3) is 22.3 Å². The van der Waals surface area contributed by atoms with Gasteiger partial charge in [-0.05, 0) is 100 Å². The zero-order valence-corrected chi connectivity index (χ0v) is 48.5. The van der Waals surface area contributed by atoms with Crippen molar-refractivity contribution in [1.82, 2.24) is 66.0 Å². The van der Waals surface area contributed by atoms with E-state index >= 15 is 0 Å². The molecule has 0 radical (unpaired) electrons. The lowest BCUT2D eigenvalue weighted by atomic mass is 10.1. The lowest BCUT2D eigenvalue weighted by Gasteiger charge is -2.22. The molecule has 4 aromatic heterocycles. The number of ether oxygens (including phenoxy) is 2. The topological polar surface area (TPSA) is 452 Å². The van der Waals surface area contributed by atoms with Gasteiger partial charge >= 0.3 is 11.9 Å². The van der Waals surface area contributed by atoms with E-state index in [1.54, 1.807) is 60.9 Å². The predicted octanol–water partition coefficient (Wildman–Crippen LogP) is 1.25. The van der Waals surface area contributed by atoms with Gasteiger partial charge in [0.1, 0.15) is 12.1 Å². The van der Waals surface area contributed by atoms with Crippen molar-refractivity contribution in [3.05, 3.63) is 83.4 Å². The number of nitrogens with two attached hydrogens (primary N) is 5. The molecule has 2 aromatic carbocycles. The number of hydrogen-bond acceptors (Lipinski definition) is 24. The lowest BCUT2D eigenvalue weighted by molar-refractivity contribution is -0.140. The Labute approximate surface area is 496 Å². The van der Waals surface area contributed by atoms with Crippen LogP contribution in [0.3, 0.4) is 0 Å². The molecule has 30 heteroatoms. The van der Waals surface area contributed by atoms with Gasteiger partial charge in [-0.3, -0.25) is 19.2 Å². The summed E-state index contributed by atoms with van der Waals surface area (Å²) in [5.74, 6) is -4.12. The van der Waals surface area contributed by atoms with Crippen LogP contribution >= 0.6 is 0 Å². The Morgan fingerprint density at radius 3 is 1.36 bits per heavy atom. The van der Waals surface area contributed by atoms with Gasteiger partial charge < -0.3 is 84.3 Å². The number of aromatic nitrogens is 8. The average Bonchev–Trinajstić information content (AvgIpc) is 2.94. The number of nitrogens with zero attached hydrogens (tertiary/aromatic N) is 11. The number of hydrogen-bond donors (Lipinski definition) is 11. The van der Waals surface area contributed by atoms with E-state index in [9.17, 15) is 39.0 Å². The van der Waals surface area contributed by atoms with Crippen molar-refractivity contribution in [3.63, 3.8) is 0 Å². The van der Waals surface area contributed by atoms with Crippen LogP contribution in [0, 0.1) is 0 Å². The Kier molecular flexibility index (Phi) is 26.0. The molecule has 0 spiro atoms. The van der Waals surface area contributed by atoms with Gasteiger partial charge in [-0.25, -0.2) is 29.5 Å². The molecule has 0 aliphatic heterocycles. The van der Waals surface area contributed by atoms with E-state index < -0.39 is 35.8 Å². The number of unbranched alkanes of at least 4 members (excludes halogenated alkanes) is 4. The highest BCUT2D eigenvalue weighted by Gasteiger charge is 2.24. The van der Waals surface area contributed by atoms with Crippen molar-refractivity contribution in [2.24, 2.45) is 5.73 Å². The number of aliphatic carboxylic acids is 2. The van der Waals surface area contributed by atoms with E-state index in [-0.39, 0.29) is 83.5 Å². The summed E-state index contributed by atoms with van der Waals surface area (Å²) in [6, 6.07) is 10.6. The number of nitrogen functional groups attached to an aromatic ring is 4. The highest BCUT2D eigenvalue weighted by Crippen LogP contribution is 2.21. The van der Waals surface area contributed by atoms with Crippen molar-refractivity contribution < 1.29 is 48.5 Å². The summed E-state index contributed by atoms with van der Waals surface area (Å²) >= 11 is 0. The molecule has 4 amide bonds. The highest BCUT2D eigenvalue weighted by molar-refractivity contribution is 5.98. The maximum Gasteiger partial charge on any atom is 0.326 e. The highest BCUT2D eigenvalue weighted by atomic mass is 16.5. The summed E-state index contributed by atoms with van der Waals surface area (Å²) in [5.41, 5.74) is 33.1. The molecule has 2 atom stereocenters. The number of carboxylic acid groups (broad SMARTS) is 2. The Morgan fingerprint density at radius 2 is 0.953 bits per heavy atom. The minimum absolute atomic E-state index is 0.00164. The molecule has 0 fully saturated rings. The van der Waals surface area contributed by atoms with Gasteiger partial charge in [0.2, 0.25) is 23.7 Å². The summed E-state index contributed by atoms with van der Waals surface area (Å²) in [7, 11) is 3.65. The Morgan fingerprint density at radius 1 is 0.535 bits per heavy atom. The maximum absolute atomic E-state index is 13.1. The van der Waals surface area contributed by atoms with E-state index in [0.717, 1.165) is 50.1 Å². The second-order valence-corrected chi connectivity index (χ2v) is 20.3. The van der Waals surface area contributed by atoms with Gasteiger partial charge in [-0.2, -0.15) is 19.9 Å². The Hall–Kier alpha value is -9.26. The number of rotatable bonds is 38. The average molecular weight is 1190 g/mol. The number of carbonyl (C=O) groups excluding carboxylic acids is 4. The molecule has 0 bridgehead atoms. The first-order chi connectivity index (χ1) is 41.4. The van der Waals surface area contributed by atoms with Gasteiger partial charge in [0, 0.05) is 75.6 Å². The summed E-state index contributed by atoms with van der Waals surface area (Å²) in [4.78, 5) is 116. The second-order valence-electron chi connectivity index (χ2n) is 20.3. The van der Waals surface area contributed by atoms with Crippen LogP contribution in [0.2, 0.25) is 0 Å². The van der Waals surface area contributed by atoms with Crippen LogP contribution in [0.1, 0.15) is 96.3 Å². The lowest BCUT2D eigenvalue weighted by Crippen LogP contribution is -2.41. The van der Waals surface area contributed by atoms with Crippen LogP contribution in [0.4, 0.5) is 34.9 Å². The maximum atomic E-state index is 13.1. The fraction of sp³-hybridized carbons (Fsp3) is 0.464. The smallest absolute Gasteiger partial charge is 0.326 e. The first-order valence-corrected chi connectivity index (χ1v) is 28.3. The van der Waals surface area contributed by atoms with Gasteiger partial charge in [-0.1, -0.05) is 12.8 Å². The quantitative estimate of drug-likeness (QED) is 0.0243. The summed E-state index contributed by atoms with van der Waals surface area (Å²) in [6.45, 7) is 6.05. The second kappa shape index (κ2) is 33.9. The molecular weight excluding hydrogens is 1110 g/mol. The monoisotopic (exact) mass is 1190 g/mol. The number of carbonyl (C=O) groups is 6. The normalized spacial score (nSPS) is 12.0. The molecule has 6 rings (SSSR count). The molecule has 30 nitrogen and oxygen atoms in total. The SMILES string of the molecule is CN(Cc1cnc2nc(N)nc(N)c2n1)c1ccc(C(=O)N[C@@H](CCC(=O)NCCCCCN(CCCCCNC(=O)CC[C@@H](NC(=O)c2ccc(N(C)Cc3cnc4nc(N)nc(N)c4n3)cc2)C(=O)O)CCOCCOCCN)C(=O)O)cc1. The van der Waals surface area contributed by atoms with Gasteiger partial charge in [0.05, 0.1) is 63.3 Å². The molecular formula is C56H78N20O10. The molecule has 4 heterocycles. The fourth-order valence-electron chi connectivity index (χ4n) is 8.91. The van der Waals surface area contributed by atoms with Gasteiger partial charge in [-0.15, -0.1) is 0 Å². The number of carboxylic acids is 2. The molecule has 0 aliphatic rings. The minimum atomic E-state index is -1.29. The predicted molar refractivity (Wildman–Crippen MR) is 322 cm³/mol. The molecule has 86 heavy (non-hydrogen) atoms. The van der Waals surface area contributed by atoms with Gasteiger partial charge in [0.25, 0.3) is 11.8 Å². The standard InChI is InChI=1S/C56H78N20O10/c1-74(33-37-31-64-49-45(66-37)47(58)70-55(60)72-49)39-13-9-35(10-14-39)51(79)68-41(53(81)82)17-19-43(77)62-22-5-3-7-24-76(26-28-86-30-29-85-27-21-57)25-8-4-6-23-63-44(78)20-18-42(54(83)84)69-52(80)36-11-15-40(16-12-36)75(2)34-38-32-65-50-46(67-38)48(59)71-56(61)73-50/h9-16,31-32,41-42H,3-8,17-30,33-34,57H2,1-2H3,(H,62,77)(H,63,78)(H,68,79)(H,69,80)(H,81,82)(H,83,84)(H4,58,60,64,70,72)(H4,59,61,65,71,73)/t41-,42+. The van der Waals surface area contributed by atoms with Crippen molar-refractivity contribution in [2.45, 2.75) is 89.4 Å². The Bertz CT molecular complexity index is 3010. The number of benzene rings is 2. The molecule has 0 saturated carbocycles. The van der Waals surface area contributed by atoms with Crippen LogP contribution in [0.15, 0.2) is 60.9 Å². The molecule has 0 unspecified atom stereocenters. The van der Waals surface area contributed by atoms with Crippen LogP contribution in [0.5, 0.6) is 0 Å². The van der Waals surface area contributed by atoms with E-state index in [1.807, 2.05) is 23.9 Å². The van der Waals surface area contributed by atoms with E-state index in [4.69, 9.17) is 38.1 Å². The fourth-order valence-corrected chi connectivity index (χ4v) is 8.91. The summed E-state index contributed by atoms with van der Waals surface area (Å²) < 4.78 is 11.2. The van der Waals surface area contributed by atoms with E-state index in [0.29, 0.717) is 101 Å². The van der Waals surface area contributed by atoms with Crippen molar-refractivity contribution in [2.75, 3.05) is 113 Å². The van der Waals surface area contributed by atoms with Gasteiger partial charge in [0.15, 0.2) is 34.0 Å². The zero-order valence-electron chi connectivity index (χ0n) is 48.5. The van der Waals surface area contributed by atoms with Crippen molar-refractivity contribution >= 4 is 92.8 Å². The molecule has 6 aromatic rings. The number of nitrogens with one attached hydrogen (secondary N) is 4. The molecule has 0 saturated heterocycles. The van der Waals surface area contributed by atoms with Crippen molar-refractivity contribution in [3.8, 4) is 0 Å². The zero-order chi connectivity index (χ0) is 62.0. The number of anilines is 6. The molecule has 0 aliphatic carbocycles. The first kappa shape index (κ1) is 65.9. The third kappa shape index (κ3) is 21.4. The molecule has 462 valence electrons. The number of fused-ring (bicyclic) bond motifs is 2. The first-order valence-electron chi connectivity index (χ1n) is 28.3. The minimum Gasteiger partial charge on any atom is -0.480 e. The van der Waals surface area contributed by atoms with E-state index in [1.165, 1.54) is 0 Å². The van der Waals surface area contributed by atoms with Crippen LogP contribution in [-0.2, 0) is 41.7 Å². The third-order valence-electron chi connectivity index (χ3n) is 13.6. The van der Waals surface area contributed by atoms with E-state index in [2.05, 4.69) is 66.0 Å². The summed E-state index contributed by atoms with van der Waals surface area (Å²) in [6.07, 6.45) is 7.48.